The molecule has 0 bridgehead atoms. The van der Waals surface area contributed by atoms with Crippen LogP contribution < -0.4 is 14.2 Å². The van der Waals surface area contributed by atoms with Crippen LogP contribution in [0.3, 0.4) is 0 Å². The molecule has 0 unspecified atom stereocenters. The molecule has 5 rings (SSSR count). The fourth-order valence-electron chi connectivity index (χ4n) is 5.37. The second-order valence-electron chi connectivity index (χ2n) is 9.70. The van der Waals surface area contributed by atoms with Crippen molar-refractivity contribution in [2.75, 3.05) is 34.0 Å². The van der Waals surface area contributed by atoms with E-state index in [4.69, 9.17) is 28.4 Å². The van der Waals surface area contributed by atoms with E-state index < -0.39 is 61.0 Å². The Morgan fingerprint density at radius 3 is 2.32 bits per heavy atom. The zero-order valence-corrected chi connectivity index (χ0v) is 20.8. The lowest BCUT2D eigenvalue weighted by atomic mass is 9.81. The fraction of sp³-hybridized carbons (Fsp3) is 0.538. The molecule has 12 heteroatoms. The molecule has 3 aliphatic rings. The lowest BCUT2D eigenvalue weighted by Gasteiger charge is -2.39. The minimum absolute atomic E-state index is 0.0155. The second kappa shape index (κ2) is 10.5. The van der Waals surface area contributed by atoms with Crippen molar-refractivity contribution >= 4 is 0 Å². The lowest BCUT2D eigenvalue weighted by molar-refractivity contribution is -0.277. The van der Waals surface area contributed by atoms with Crippen LogP contribution in [0.5, 0.6) is 23.0 Å². The van der Waals surface area contributed by atoms with E-state index in [1.165, 1.54) is 20.3 Å². The predicted molar refractivity (Wildman–Crippen MR) is 128 cm³/mol. The van der Waals surface area contributed by atoms with Crippen LogP contribution in [0.2, 0.25) is 0 Å². The molecule has 2 aromatic rings. The Morgan fingerprint density at radius 1 is 0.895 bits per heavy atom. The van der Waals surface area contributed by atoms with E-state index in [-0.39, 0.29) is 36.2 Å². The topological polar surface area (TPSA) is 177 Å². The standard InChI is InChI=1S/C26H32O12/c1-33-17-8-13(3-5-15(17)28)24-26(32)11-36-23(14(26)10-35-24)12-4-6-16(18(7-12)34-2)37-25-22(31)21(30)20(29)19(9-27)38-25/h3-8,14,19-25,27-32H,9-11H2,1-2H3/t14-,19-,20-,21+,22-,23-,24-,25-,26-/m1/s1. The van der Waals surface area contributed by atoms with Crippen molar-refractivity contribution in [2.24, 2.45) is 5.92 Å². The number of aliphatic hydroxyl groups is 5. The number of phenols is 1. The largest absolute Gasteiger partial charge is 0.504 e. The zero-order valence-electron chi connectivity index (χ0n) is 20.8. The number of ether oxygens (including phenoxy) is 6. The first-order chi connectivity index (χ1) is 18.2. The number of phenolic OH excluding ortho intramolecular Hbond substituents is 1. The van der Waals surface area contributed by atoms with Gasteiger partial charge in [0.2, 0.25) is 6.29 Å². The maximum atomic E-state index is 11.6. The third-order valence-corrected chi connectivity index (χ3v) is 7.51. The molecule has 0 radical (unpaired) electrons. The highest BCUT2D eigenvalue weighted by atomic mass is 16.7. The first-order valence-corrected chi connectivity index (χ1v) is 12.2. The van der Waals surface area contributed by atoms with E-state index >= 15 is 0 Å². The normalized spacial score (nSPS) is 36.6. The average Bonchev–Trinajstić information content (AvgIpc) is 3.43. The van der Waals surface area contributed by atoms with E-state index in [9.17, 15) is 30.6 Å². The zero-order chi connectivity index (χ0) is 27.2. The van der Waals surface area contributed by atoms with Gasteiger partial charge in [0.25, 0.3) is 0 Å². The molecule has 6 N–H and O–H groups in total. The Bertz CT molecular complexity index is 1140. The quantitative estimate of drug-likeness (QED) is 0.275. The molecule has 208 valence electrons. The Morgan fingerprint density at radius 2 is 1.61 bits per heavy atom. The smallest absolute Gasteiger partial charge is 0.229 e. The average molecular weight is 537 g/mol. The van der Waals surface area contributed by atoms with Crippen molar-refractivity contribution in [3.05, 3.63) is 47.5 Å². The van der Waals surface area contributed by atoms with Crippen LogP contribution in [0.15, 0.2) is 36.4 Å². The second-order valence-corrected chi connectivity index (χ2v) is 9.70. The van der Waals surface area contributed by atoms with E-state index in [1.54, 1.807) is 30.3 Å². The summed E-state index contributed by atoms with van der Waals surface area (Å²) in [5.74, 6) is 0.307. The lowest BCUT2D eigenvalue weighted by Crippen LogP contribution is -2.60. The van der Waals surface area contributed by atoms with Crippen LogP contribution in [0.4, 0.5) is 0 Å². The number of rotatable bonds is 7. The van der Waals surface area contributed by atoms with Gasteiger partial charge in [-0.2, -0.15) is 0 Å². The van der Waals surface area contributed by atoms with Gasteiger partial charge in [0.15, 0.2) is 23.0 Å². The highest BCUT2D eigenvalue weighted by Gasteiger charge is 2.59. The van der Waals surface area contributed by atoms with Crippen molar-refractivity contribution in [1.82, 2.24) is 0 Å². The van der Waals surface area contributed by atoms with Gasteiger partial charge in [0, 0.05) is 5.92 Å². The van der Waals surface area contributed by atoms with Gasteiger partial charge < -0.3 is 59.1 Å². The summed E-state index contributed by atoms with van der Waals surface area (Å²) in [4.78, 5) is 0. The predicted octanol–water partition coefficient (Wildman–Crippen LogP) is -0.222. The minimum Gasteiger partial charge on any atom is -0.504 e. The van der Waals surface area contributed by atoms with Crippen molar-refractivity contribution in [3.63, 3.8) is 0 Å². The summed E-state index contributed by atoms with van der Waals surface area (Å²) in [5, 5.41) is 61.3. The molecule has 3 aliphatic heterocycles. The van der Waals surface area contributed by atoms with Crippen LogP contribution in [0.25, 0.3) is 0 Å². The summed E-state index contributed by atoms with van der Waals surface area (Å²) in [7, 11) is 2.87. The summed E-state index contributed by atoms with van der Waals surface area (Å²) in [6, 6.07) is 9.75. The Kier molecular flexibility index (Phi) is 7.42. The minimum atomic E-state index is -1.58. The number of aromatic hydroxyl groups is 1. The third kappa shape index (κ3) is 4.46. The molecular weight excluding hydrogens is 504 g/mol. The summed E-state index contributed by atoms with van der Waals surface area (Å²) in [6.45, 7) is -0.341. The molecule has 38 heavy (non-hydrogen) atoms. The first-order valence-electron chi connectivity index (χ1n) is 12.2. The molecule has 0 amide bonds. The number of hydrogen-bond acceptors (Lipinski definition) is 12. The molecule has 2 aromatic carbocycles. The number of fused-ring (bicyclic) bond motifs is 1. The Hall–Kier alpha value is -2.68. The molecule has 9 atom stereocenters. The van der Waals surface area contributed by atoms with Gasteiger partial charge in [0.05, 0.1) is 40.1 Å². The molecule has 3 saturated heterocycles. The Labute approximate surface area is 218 Å². The van der Waals surface area contributed by atoms with Gasteiger partial charge in [-0.05, 0) is 35.4 Å². The van der Waals surface area contributed by atoms with Crippen LogP contribution in [0.1, 0.15) is 23.3 Å². The van der Waals surface area contributed by atoms with E-state index in [0.29, 0.717) is 11.1 Å². The highest BCUT2D eigenvalue weighted by Crippen LogP contribution is 2.54. The van der Waals surface area contributed by atoms with Gasteiger partial charge in [-0.3, -0.25) is 0 Å². The van der Waals surface area contributed by atoms with E-state index in [1.807, 2.05) is 0 Å². The third-order valence-electron chi connectivity index (χ3n) is 7.51. The first kappa shape index (κ1) is 26.9. The Balaban J connectivity index is 1.35. The highest BCUT2D eigenvalue weighted by molar-refractivity contribution is 5.46. The number of benzene rings is 2. The van der Waals surface area contributed by atoms with Crippen molar-refractivity contribution < 1.29 is 59.1 Å². The van der Waals surface area contributed by atoms with Gasteiger partial charge in [-0.1, -0.05) is 12.1 Å². The molecule has 0 aliphatic carbocycles. The van der Waals surface area contributed by atoms with Crippen LogP contribution >= 0.6 is 0 Å². The van der Waals surface area contributed by atoms with Gasteiger partial charge in [0.1, 0.15) is 36.1 Å². The monoisotopic (exact) mass is 536 g/mol. The van der Waals surface area contributed by atoms with Crippen LogP contribution in [-0.4, -0.2) is 101 Å². The SMILES string of the molecule is COc1cc([C@H]2OC[C@@H]3[C@@H](c4ccc(O[C@@H]5O[C@H](CO)[C@@H](O)[C@H](O)[C@H]5O)c(OC)c4)OC[C@]23O)ccc1O. The van der Waals surface area contributed by atoms with Crippen molar-refractivity contribution in [2.45, 2.75) is 48.5 Å². The summed E-state index contributed by atoms with van der Waals surface area (Å²) in [5.41, 5.74) is 0.0111. The molecule has 0 saturated carbocycles. The number of aliphatic hydroxyl groups excluding tert-OH is 4. The van der Waals surface area contributed by atoms with Crippen LogP contribution in [0, 0.1) is 5.92 Å². The van der Waals surface area contributed by atoms with Crippen molar-refractivity contribution in [1.29, 1.82) is 0 Å². The number of hydrogen-bond donors (Lipinski definition) is 6. The van der Waals surface area contributed by atoms with E-state index in [2.05, 4.69) is 0 Å². The summed E-state index contributed by atoms with van der Waals surface area (Å²) < 4.78 is 33.9. The molecular formula is C26H32O12. The van der Waals surface area contributed by atoms with Gasteiger partial charge in [-0.25, -0.2) is 0 Å². The fourth-order valence-corrected chi connectivity index (χ4v) is 5.37. The van der Waals surface area contributed by atoms with Gasteiger partial charge in [-0.15, -0.1) is 0 Å². The molecule has 0 spiro atoms. The summed E-state index contributed by atoms with van der Waals surface area (Å²) >= 11 is 0. The van der Waals surface area contributed by atoms with Gasteiger partial charge >= 0.3 is 0 Å². The molecule has 3 heterocycles. The number of methoxy groups -OCH3 is 2. The summed E-state index contributed by atoms with van der Waals surface area (Å²) in [6.07, 6.45) is -8.36. The molecule has 3 fully saturated rings. The van der Waals surface area contributed by atoms with Crippen LogP contribution in [-0.2, 0) is 14.2 Å². The van der Waals surface area contributed by atoms with E-state index in [0.717, 1.165) is 0 Å². The molecule has 12 nitrogen and oxygen atoms in total. The van der Waals surface area contributed by atoms with Crippen molar-refractivity contribution in [3.8, 4) is 23.0 Å². The maximum Gasteiger partial charge on any atom is 0.229 e. The molecule has 0 aromatic heterocycles. The maximum absolute atomic E-state index is 11.6.